The normalized spacial score (nSPS) is 33.9. The van der Waals surface area contributed by atoms with E-state index in [1.807, 2.05) is 31.2 Å². The summed E-state index contributed by atoms with van der Waals surface area (Å²) in [4.78, 5) is 0. The Morgan fingerprint density at radius 1 is 1.27 bits per heavy atom. The highest BCUT2D eigenvalue weighted by Crippen LogP contribution is 2.11. The number of nitrogens with two attached hydrogens (primary N) is 2. The molecule has 0 saturated heterocycles. The monoisotopic (exact) mass is 196 g/mol. The van der Waals surface area contributed by atoms with Gasteiger partial charge in [0.25, 0.3) is 0 Å². The van der Waals surface area contributed by atoms with Crippen LogP contribution in [0, 0.1) is 0 Å². The van der Waals surface area contributed by atoms with Crippen molar-refractivity contribution >= 4 is 24.8 Å². The van der Waals surface area contributed by atoms with Gasteiger partial charge in [-0.3, -0.25) is 0 Å². The fourth-order valence-corrected chi connectivity index (χ4v) is 0.765. The molecule has 0 bridgehead atoms. The maximum absolute atomic E-state index is 5.76. The molecule has 4 heteroatoms. The van der Waals surface area contributed by atoms with Gasteiger partial charge in [0.15, 0.2) is 0 Å². The van der Waals surface area contributed by atoms with Crippen molar-refractivity contribution in [3.05, 3.63) is 24.3 Å². The Bertz CT molecular complexity index is 164. The molecule has 0 aromatic heterocycles. The maximum Gasteiger partial charge on any atom is 0.0503 e. The molecule has 0 fully saturated rings. The van der Waals surface area contributed by atoms with Crippen LogP contribution in [0.2, 0.25) is 0 Å². The van der Waals surface area contributed by atoms with Gasteiger partial charge in [0, 0.05) is 6.04 Å². The van der Waals surface area contributed by atoms with Crippen molar-refractivity contribution in [1.82, 2.24) is 0 Å². The Morgan fingerprint density at radius 3 is 2.09 bits per heavy atom. The molecule has 66 valence electrons. The summed E-state index contributed by atoms with van der Waals surface area (Å²) >= 11 is 0. The summed E-state index contributed by atoms with van der Waals surface area (Å²) in [5.74, 6) is 0. The zero-order chi connectivity index (χ0) is 6.91. The molecule has 1 aliphatic rings. The average molecular weight is 197 g/mol. The summed E-state index contributed by atoms with van der Waals surface area (Å²) in [5, 5.41) is 0. The van der Waals surface area contributed by atoms with E-state index in [2.05, 4.69) is 0 Å². The SMILES string of the molecule is CC1(N)C=CC=CC1N.Cl.Cl. The lowest BCUT2D eigenvalue weighted by molar-refractivity contribution is 0.515. The lowest BCUT2D eigenvalue weighted by Crippen LogP contribution is -2.51. The molecule has 4 N–H and O–H groups in total. The highest BCUT2D eigenvalue weighted by molar-refractivity contribution is 5.85. The third kappa shape index (κ3) is 3.25. The van der Waals surface area contributed by atoms with Crippen molar-refractivity contribution in [2.45, 2.75) is 18.5 Å². The summed E-state index contributed by atoms with van der Waals surface area (Å²) in [6.45, 7) is 1.91. The fourth-order valence-electron chi connectivity index (χ4n) is 0.765. The summed E-state index contributed by atoms with van der Waals surface area (Å²) in [5.41, 5.74) is 11.1. The predicted molar refractivity (Wildman–Crippen MR) is 53.3 cm³/mol. The molecule has 0 heterocycles. The first-order chi connectivity index (χ1) is 4.13. The zero-order valence-corrected chi connectivity index (χ0v) is 7.99. The molecule has 0 aromatic rings. The van der Waals surface area contributed by atoms with Gasteiger partial charge in [-0.2, -0.15) is 0 Å². The maximum atomic E-state index is 5.76. The topological polar surface area (TPSA) is 52.0 Å². The van der Waals surface area contributed by atoms with Gasteiger partial charge < -0.3 is 11.5 Å². The molecule has 1 rings (SSSR count). The minimum Gasteiger partial charge on any atom is -0.323 e. The van der Waals surface area contributed by atoms with E-state index in [0.717, 1.165) is 0 Å². The van der Waals surface area contributed by atoms with Crippen LogP contribution in [0.15, 0.2) is 24.3 Å². The second-order valence-corrected chi connectivity index (χ2v) is 2.64. The fraction of sp³-hybridized carbons (Fsp3) is 0.429. The molecular weight excluding hydrogens is 183 g/mol. The number of allylic oxidation sites excluding steroid dienone is 2. The first-order valence-corrected chi connectivity index (χ1v) is 3.03. The summed E-state index contributed by atoms with van der Waals surface area (Å²) in [6.07, 6.45) is 7.65. The van der Waals surface area contributed by atoms with E-state index in [-0.39, 0.29) is 36.4 Å². The number of halogens is 2. The average Bonchev–Trinajstić information content (AvgIpc) is 1.77. The van der Waals surface area contributed by atoms with E-state index in [9.17, 15) is 0 Å². The van der Waals surface area contributed by atoms with Crippen LogP contribution in [0.4, 0.5) is 0 Å². The molecule has 0 saturated carbocycles. The Kier molecular flexibility index (Phi) is 5.89. The standard InChI is InChI=1S/C7H12N2.2ClH/c1-7(9)5-3-2-4-6(7)8;;/h2-6H,8-9H2,1H3;2*1H. The predicted octanol–water partition coefficient (Wildman–Crippen LogP) is 1.00. The van der Waals surface area contributed by atoms with Crippen LogP contribution in [-0.2, 0) is 0 Å². The minimum atomic E-state index is -0.352. The van der Waals surface area contributed by atoms with Gasteiger partial charge in [-0.15, -0.1) is 24.8 Å². The van der Waals surface area contributed by atoms with Crippen LogP contribution in [0.25, 0.3) is 0 Å². The van der Waals surface area contributed by atoms with Gasteiger partial charge in [0.2, 0.25) is 0 Å². The quantitative estimate of drug-likeness (QED) is 0.608. The van der Waals surface area contributed by atoms with E-state index < -0.39 is 0 Å². The van der Waals surface area contributed by atoms with Gasteiger partial charge >= 0.3 is 0 Å². The first kappa shape index (κ1) is 13.6. The number of rotatable bonds is 0. The molecular formula is C7H14Cl2N2. The summed E-state index contributed by atoms with van der Waals surface area (Å²) in [6, 6.07) is -0.0394. The Hall–Kier alpha value is -0.0200. The highest BCUT2D eigenvalue weighted by Gasteiger charge is 2.22. The van der Waals surface area contributed by atoms with E-state index >= 15 is 0 Å². The van der Waals surface area contributed by atoms with Crippen LogP contribution < -0.4 is 11.5 Å². The second-order valence-electron chi connectivity index (χ2n) is 2.64. The van der Waals surface area contributed by atoms with Crippen LogP contribution in [0.1, 0.15) is 6.92 Å². The van der Waals surface area contributed by atoms with Crippen molar-refractivity contribution in [1.29, 1.82) is 0 Å². The minimum absolute atomic E-state index is 0. The Labute approximate surface area is 79.5 Å². The van der Waals surface area contributed by atoms with Crippen molar-refractivity contribution in [3.63, 3.8) is 0 Å². The molecule has 0 aromatic carbocycles. The van der Waals surface area contributed by atoms with Crippen LogP contribution >= 0.6 is 24.8 Å². The van der Waals surface area contributed by atoms with E-state index in [1.54, 1.807) is 0 Å². The summed E-state index contributed by atoms with van der Waals surface area (Å²) in [7, 11) is 0. The lowest BCUT2D eigenvalue weighted by Gasteiger charge is -2.27. The molecule has 2 unspecified atom stereocenters. The number of hydrogen-bond acceptors (Lipinski definition) is 2. The van der Waals surface area contributed by atoms with Gasteiger partial charge in [-0.1, -0.05) is 24.3 Å². The van der Waals surface area contributed by atoms with Gasteiger partial charge in [0.1, 0.15) is 0 Å². The zero-order valence-electron chi connectivity index (χ0n) is 6.36. The van der Waals surface area contributed by atoms with Gasteiger partial charge in [-0.25, -0.2) is 0 Å². The third-order valence-electron chi connectivity index (χ3n) is 1.60. The third-order valence-corrected chi connectivity index (χ3v) is 1.60. The molecule has 0 amide bonds. The van der Waals surface area contributed by atoms with Crippen molar-refractivity contribution in [2.75, 3.05) is 0 Å². The van der Waals surface area contributed by atoms with Gasteiger partial charge in [0.05, 0.1) is 5.54 Å². The molecule has 0 aliphatic heterocycles. The van der Waals surface area contributed by atoms with E-state index in [1.165, 1.54) is 0 Å². The first-order valence-electron chi connectivity index (χ1n) is 3.03. The lowest BCUT2D eigenvalue weighted by atomic mass is 9.90. The number of hydrogen-bond donors (Lipinski definition) is 2. The smallest absolute Gasteiger partial charge is 0.0503 e. The van der Waals surface area contributed by atoms with Crippen molar-refractivity contribution in [2.24, 2.45) is 11.5 Å². The van der Waals surface area contributed by atoms with Crippen LogP contribution in [-0.4, -0.2) is 11.6 Å². The highest BCUT2D eigenvalue weighted by atomic mass is 35.5. The van der Waals surface area contributed by atoms with Gasteiger partial charge in [-0.05, 0) is 6.92 Å². The second kappa shape index (κ2) is 4.78. The molecule has 0 spiro atoms. The van der Waals surface area contributed by atoms with Crippen molar-refractivity contribution < 1.29 is 0 Å². The van der Waals surface area contributed by atoms with E-state index in [0.29, 0.717) is 0 Å². The van der Waals surface area contributed by atoms with Crippen molar-refractivity contribution in [3.8, 4) is 0 Å². The molecule has 2 atom stereocenters. The molecule has 1 aliphatic carbocycles. The van der Waals surface area contributed by atoms with Crippen LogP contribution in [0.5, 0.6) is 0 Å². The molecule has 0 radical (unpaired) electrons. The van der Waals surface area contributed by atoms with Crippen LogP contribution in [0.3, 0.4) is 0 Å². The Balaban J connectivity index is 0. The Morgan fingerprint density at radius 2 is 1.82 bits per heavy atom. The largest absolute Gasteiger partial charge is 0.323 e. The molecule has 2 nitrogen and oxygen atoms in total. The molecule has 11 heavy (non-hydrogen) atoms. The van der Waals surface area contributed by atoms with E-state index in [4.69, 9.17) is 11.5 Å². The summed E-state index contributed by atoms with van der Waals surface area (Å²) < 4.78 is 0.